The third-order valence-electron chi connectivity index (χ3n) is 4.00. The number of rotatable bonds is 2. The summed E-state index contributed by atoms with van der Waals surface area (Å²) in [6.07, 6.45) is -2.89. The van der Waals surface area contributed by atoms with Crippen molar-refractivity contribution in [3.63, 3.8) is 0 Å². The molecule has 2 heterocycles. The van der Waals surface area contributed by atoms with Crippen LogP contribution in [0.25, 0.3) is 5.69 Å². The molecule has 0 spiro atoms. The highest BCUT2D eigenvalue weighted by Gasteiger charge is 2.29. The standard InChI is InChI=1S/C17H8Cl2F4N4/c18-7-4-5-10-13(14(7)19)15(12-8(20)2-1-3-9(12)21)24-6-11-25-17(16(22)23)26-27(10)11/h1-5,16H,6H2. The summed E-state index contributed by atoms with van der Waals surface area (Å²) in [6, 6.07) is 6.26. The molecule has 0 saturated carbocycles. The second-order valence-electron chi connectivity index (χ2n) is 5.62. The Labute approximate surface area is 160 Å². The van der Waals surface area contributed by atoms with Gasteiger partial charge in [-0.3, -0.25) is 4.99 Å². The first kappa shape index (κ1) is 17.9. The van der Waals surface area contributed by atoms with Gasteiger partial charge in [0, 0.05) is 5.56 Å². The van der Waals surface area contributed by atoms with Gasteiger partial charge in [-0.15, -0.1) is 5.10 Å². The van der Waals surface area contributed by atoms with Gasteiger partial charge in [-0.2, -0.15) is 0 Å². The minimum Gasteiger partial charge on any atom is -0.276 e. The minimum atomic E-state index is -2.89. The van der Waals surface area contributed by atoms with E-state index < -0.39 is 29.4 Å². The zero-order chi connectivity index (χ0) is 19.3. The summed E-state index contributed by atoms with van der Waals surface area (Å²) in [5, 5.41) is 3.87. The van der Waals surface area contributed by atoms with E-state index in [-0.39, 0.29) is 39.4 Å². The molecular weight excluding hydrogens is 407 g/mol. The van der Waals surface area contributed by atoms with Crippen LogP contribution in [0.3, 0.4) is 0 Å². The Bertz CT molecular complexity index is 1070. The lowest BCUT2D eigenvalue weighted by Gasteiger charge is -2.14. The van der Waals surface area contributed by atoms with Crippen molar-refractivity contribution in [3.8, 4) is 5.69 Å². The van der Waals surface area contributed by atoms with Gasteiger partial charge in [-0.1, -0.05) is 29.3 Å². The molecule has 0 N–H and O–H groups in total. The molecular formula is C17H8Cl2F4N4. The highest BCUT2D eigenvalue weighted by molar-refractivity contribution is 6.45. The van der Waals surface area contributed by atoms with Crippen LogP contribution in [0.2, 0.25) is 10.0 Å². The molecule has 1 aromatic heterocycles. The molecule has 1 aliphatic rings. The van der Waals surface area contributed by atoms with E-state index in [1.807, 2.05) is 0 Å². The van der Waals surface area contributed by atoms with Crippen LogP contribution in [-0.4, -0.2) is 20.5 Å². The summed E-state index contributed by atoms with van der Waals surface area (Å²) < 4.78 is 55.9. The Balaban J connectivity index is 2.04. The van der Waals surface area contributed by atoms with E-state index in [0.717, 1.165) is 16.8 Å². The smallest absolute Gasteiger partial charge is 0.276 e. The number of aliphatic imine (C=N–C) groups is 1. The predicted octanol–water partition coefficient (Wildman–Crippen LogP) is 5.14. The van der Waals surface area contributed by atoms with Crippen LogP contribution in [0.5, 0.6) is 0 Å². The number of nitrogens with zero attached hydrogens (tertiary/aromatic N) is 4. The van der Waals surface area contributed by atoms with Crippen LogP contribution >= 0.6 is 23.2 Å². The Kier molecular flexibility index (Phi) is 4.39. The maximum absolute atomic E-state index is 14.4. The van der Waals surface area contributed by atoms with Crippen molar-refractivity contribution < 1.29 is 17.6 Å². The van der Waals surface area contributed by atoms with Gasteiger partial charge >= 0.3 is 0 Å². The summed E-state index contributed by atoms with van der Waals surface area (Å²) >= 11 is 12.4. The van der Waals surface area contributed by atoms with Crippen molar-refractivity contribution in [3.05, 3.63) is 74.8 Å². The first-order valence-corrected chi connectivity index (χ1v) is 8.35. The molecule has 0 aliphatic carbocycles. The zero-order valence-electron chi connectivity index (χ0n) is 13.2. The first-order chi connectivity index (χ1) is 12.9. The molecule has 0 saturated heterocycles. The molecule has 0 radical (unpaired) electrons. The van der Waals surface area contributed by atoms with Crippen LogP contribution in [0.15, 0.2) is 35.3 Å². The summed E-state index contributed by atoms with van der Waals surface area (Å²) in [7, 11) is 0. The van der Waals surface area contributed by atoms with Crippen molar-refractivity contribution in [1.29, 1.82) is 0 Å². The molecule has 0 bridgehead atoms. The van der Waals surface area contributed by atoms with Gasteiger partial charge in [0.05, 0.1) is 33.6 Å². The first-order valence-electron chi connectivity index (χ1n) is 7.60. The fourth-order valence-electron chi connectivity index (χ4n) is 2.85. The molecule has 1 aliphatic heterocycles. The maximum atomic E-state index is 14.4. The normalized spacial score (nSPS) is 13.2. The SMILES string of the molecule is Fc1cccc(F)c1C1=NCc2nc(C(F)F)nn2-c2ccc(Cl)c(Cl)c21. The molecule has 0 amide bonds. The average Bonchev–Trinajstić information content (AvgIpc) is 2.98. The van der Waals surface area contributed by atoms with E-state index in [2.05, 4.69) is 15.1 Å². The van der Waals surface area contributed by atoms with Crippen molar-refractivity contribution >= 4 is 28.9 Å². The maximum Gasteiger partial charge on any atom is 0.299 e. The number of hydrogen-bond acceptors (Lipinski definition) is 3. The Hall–Kier alpha value is -2.45. The van der Waals surface area contributed by atoms with Gasteiger partial charge < -0.3 is 0 Å². The van der Waals surface area contributed by atoms with Crippen LogP contribution < -0.4 is 0 Å². The summed E-state index contributed by atoms with van der Waals surface area (Å²) in [5.41, 5.74) is -0.225. The quantitative estimate of drug-likeness (QED) is 0.544. The molecule has 2 aromatic carbocycles. The molecule has 10 heteroatoms. The molecule has 4 rings (SSSR count). The third kappa shape index (κ3) is 2.89. The molecule has 0 atom stereocenters. The Morgan fingerprint density at radius 1 is 1.00 bits per heavy atom. The van der Waals surface area contributed by atoms with Crippen LogP contribution in [0, 0.1) is 11.6 Å². The minimum absolute atomic E-state index is 0.0301. The topological polar surface area (TPSA) is 43.1 Å². The molecule has 0 fully saturated rings. The summed E-state index contributed by atoms with van der Waals surface area (Å²) in [6.45, 7) is -0.231. The van der Waals surface area contributed by atoms with Crippen LogP contribution in [-0.2, 0) is 6.54 Å². The monoisotopic (exact) mass is 414 g/mol. The molecule has 0 unspecified atom stereocenters. The van der Waals surface area contributed by atoms with E-state index in [0.29, 0.717) is 0 Å². The Morgan fingerprint density at radius 3 is 2.37 bits per heavy atom. The number of benzene rings is 2. The molecule has 138 valence electrons. The molecule has 27 heavy (non-hydrogen) atoms. The second-order valence-corrected chi connectivity index (χ2v) is 6.40. The van der Waals surface area contributed by atoms with Gasteiger partial charge in [0.15, 0.2) is 5.82 Å². The zero-order valence-corrected chi connectivity index (χ0v) is 14.7. The number of alkyl halides is 2. The van der Waals surface area contributed by atoms with E-state index in [9.17, 15) is 17.6 Å². The van der Waals surface area contributed by atoms with E-state index in [1.165, 1.54) is 18.2 Å². The van der Waals surface area contributed by atoms with Gasteiger partial charge in [0.1, 0.15) is 11.6 Å². The van der Waals surface area contributed by atoms with Crippen LogP contribution in [0.4, 0.5) is 17.6 Å². The average molecular weight is 415 g/mol. The van der Waals surface area contributed by atoms with Gasteiger partial charge in [0.25, 0.3) is 6.43 Å². The fraction of sp³-hybridized carbons (Fsp3) is 0.118. The van der Waals surface area contributed by atoms with Gasteiger partial charge in [0.2, 0.25) is 5.82 Å². The predicted molar refractivity (Wildman–Crippen MR) is 92.0 cm³/mol. The fourth-order valence-corrected chi connectivity index (χ4v) is 3.26. The number of halogens is 6. The van der Waals surface area contributed by atoms with Crippen molar-refractivity contribution in [1.82, 2.24) is 14.8 Å². The number of hydrogen-bond donors (Lipinski definition) is 0. The van der Waals surface area contributed by atoms with E-state index in [4.69, 9.17) is 23.2 Å². The summed E-state index contributed by atoms with van der Waals surface area (Å²) in [4.78, 5) is 7.96. The van der Waals surface area contributed by atoms with Crippen molar-refractivity contribution in [2.24, 2.45) is 4.99 Å². The largest absolute Gasteiger partial charge is 0.299 e. The second kappa shape index (κ2) is 6.61. The summed E-state index contributed by atoms with van der Waals surface area (Å²) in [5.74, 6) is -2.30. The van der Waals surface area contributed by atoms with Crippen molar-refractivity contribution in [2.45, 2.75) is 13.0 Å². The van der Waals surface area contributed by atoms with E-state index >= 15 is 0 Å². The number of fused-ring (bicyclic) bond motifs is 3. The highest BCUT2D eigenvalue weighted by Crippen LogP contribution is 2.36. The lowest BCUT2D eigenvalue weighted by molar-refractivity contribution is 0.140. The lowest BCUT2D eigenvalue weighted by atomic mass is 9.99. The third-order valence-corrected chi connectivity index (χ3v) is 4.81. The van der Waals surface area contributed by atoms with Gasteiger partial charge in [-0.25, -0.2) is 27.2 Å². The van der Waals surface area contributed by atoms with Crippen molar-refractivity contribution in [2.75, 3.05) is 0 Å². The molecule has 3 aromatic rings. The van der Waals surface area contributed by atoms with Crippen LogP contribution in [0.1, 0.15) is 29.2 Å². The van der Waals surface area contributed by atoms with Gasteiger partial charge in [-0.05, 0) is 24.3 Å². The highest BCUT2D eigenvalue weighted by atomic mass is 35.5. The Morgan fingerprint density at radius 2 is 1.70 bits per heavy atom. The number of aromatic nitrogens is 3. The lowest BCUT2D eigenvalue weighted by Crippen LogP contribution is -2.13. The molecule has 4 nitrogen and oxygen atoms in total. The van der Waals surface area contributed by atoms with E-state index in [1.54, 1.807) is 0 Å².